The summed E-state index contributed by atoms with van der Waals surface area (Å²) in [6, 6.07) is 5.56. The van der Waals surface area contributed by atoms with Crippen LogP contribution in [0.2, 0.25) is 0 Å². The minimum absolute atomic E-state index is 0.0296. The number of carbonyl (C=O) groups excluding carboxylic acids is 1. The molecule has 0 bridgehead atoms. The zero-order valence-electron chi connectivity index (χ0n) is 15.4. The minimum atomic E-state index is -3.65. The fourth-order valence-corrected chi connectivity index (χ4v) is 5.64. The molecule has 0 aliphatic carbocycles. The van der Waals surface area contributed by atoms with Crippen LogP contribution in [0.4, 0.5) is 0 Å². The minimum Gasteiger partial charge on any atom is -0.335 e. The predicted octanol–water partition coefficient (Wildman–Crippen LogP) is 1.37. The molecular formula is C17H26N2O5S2. The third kappa shape index (κ3) is 4.63. The largest absolute Gasteiger partial charge is 0.335 e. The molecule has 9 heteroatoms. The summed E-state index contributed by atoms with van der Waals surface area (Å²) >= 11 is 0. The lowest BCUT2D eigenvalue weighted by Crippen LogP contribution is -2.41. The van der Waals surface area contributed by atoms with Gasteiger partial charge in [0, 0.05) is 32.2 Å². The van der Waals surface area contributed by atoms with E-state index in [-0.39, 0.29) is 33.9 Å². The molecule has 0 radical (unpaired) electrons. The van der Waals surface area contributed by atoms with Gasteiger partial charge in [-0.3, -0.25) is 4.79 Å². The average molecular weight is 403 g/mol. The number of hydrogen-bond acceptors (Lipinski definition) is 5. The van der Waals surface area contributed by atoms with E-state index in [0.717, 1.165) is 17.1 Å². The molecule has 7 nitrogen and oxygen atoms in total. The quantitative estimate of drug-likeness (QED) is 0.687. The van der Waals surface area contributed by atoms with Gasteiger partial charge in [0.25, 0.3) is 5.91 Å². The van der Waals surface area contributed by atoms with E-state index in [1.165, 1.54) is 32.3 Å². The van der Waals surface area contributed by atoms with Crippen molar-refractivity contribution in [3.05, 3.63) is 29.8 Å². The summed E-state index contributed by atoms with van der Waals surface area (Å²) < 4.78 is 49.3. The molecule has 2 rings (SSSR count). The molecular weight excluding hydrogens is 376 g/mol. The van der Waals surface area contributed by atoms with E-state index in [1.807, 2.05) is 6.92 Å². The molecule has 146 valence electrons. The molecule has 0 N–H and O–H groups in total. The van der Waals surface area contributed by atoms with Crippen molar-refractivity contribution < 1.29 is 21.6 Å². The maximum Gasteiger partial charge on any atom is 0.254 e. The number of sulfone groups is 1. The molecule has 0 spiro atoms. The van der Waals surface area contributed by atoms with Gasteiger partial charge >= 0.3 is 0 Å². The highest BCUT2D eigenvalue weighted by molar-refractivity contribution is 7.91. The molecule has 0 unspecified atom stereocenters. The summed E-state index contributed by atoms with van der Waals surface area (Å²) in [6.45, 7) is 2.46. The average Bonchev–Trinajstić information content (AvgIpc) is 2.94. The Morgan fingerprint density at radius 1 is 1.27 bits per heavy atom. The van der Waals surface area contributed by atoms with Gasteiger partial charge in [-0.1, -0.05) is 19.4 Å². The van der Waals surface area contributed by atoms with Crippen LogP contribution in [0.3, 0.4) is 0 Å². The van der Waals surface area contributed by atoms with Gasteiger partial charge in [0.1, 0.15) is 0 Å². The van der Waals surface area contributed by atoms with Crippen LogP contribution in [0.15, 0.2) is 29.2 Å². The first-order chi connectivity index (χ1) is 12.1. The van der Waals surface area contributed by atoms with E-state index in [2.05, 4.69) is 0 Å². The highest BCUT2D eigenvalue weighted by Crippen LogP contribution is 2.22. The number of sulfonamides is 1. The Morgan fingerprint density at radius 3 is 2.50 bits per heavy atom. The zero-order valence-corrected chi connectivity index (χ0v) is 17.0. The maximum atomic E-state index is 13.0. The van der Waals surface area contributed by atoms with Crippen LogP contribution in [0, 0.1) is 0 Å². The molecule has 1 fully saturated rings. The molecule has 1 aromatic carbocycles. The Labute approximate surface area is 156 Å². The molecule has 1 amide bonds. The number of carbonyl (C=O) groups is 1. The second kappa shape index (κ2) is 8.06. The monoisotopic (exact) mass is 402 g/mol. The van der Waals surface area contributed by atoms with Gasteiger partial charge in [-0.25, -0.2) is 21.1 Å². The van der Waals surface area contributed by atoms with E-state index in [0.29, 0.717) is 13.0 Å². The first-order valence-corrected chi connectivity index (χ1v) is 11.9. The van der Waals surface area contributed by atoms with Crippen LogP contribution < -0.4 is 0 Å². The highest BCUT2D eigenvalue weighted by atomic mass is 32.2. The molecule has 26 heavy (non-hydrogen) atoms. The normalized spacial score (nSPS) is 19.6. The lowest BCUT2D eigenvalue weighted by Gasteiger charge is -2.28. The van der Waals surface area contributed by atoms with Crippen molar-refractivity contribution in [3.63, 3.8) is 0 Å². The zero-order chi connectivity index (χ0) is 19.5. The Kier molecular flexibility index (Phi) is 6.46. The van der Waals surface area contributed by atoms with E-state index in [1.54, 1.807) is 11.0 Å². The number of rotatable bonds is 7. The smallest absolute Gasteiger partial charge is 0.254 e. The van der Waals surface area contributed by atoms with Crippen molar-refractivity contribution in [2.45, 2.75) is 37.1 Å². The van der Waals surface area contributed by atoms with Crippen molar-refractivity contribution in [2.75, 3.05) is 32.1 Å². The SMILES string of the molecule is CCCCN(C(=O)c1cccc(S(=O)(=O)N(C)C)c1)[C@@H]1CCS(=O)(=O)C1. The van der Waals surface area contributed by atoms with Gasteiger partial charge in [0.15, 0.2) is 9.84 Å². The van der Waals surface area contributed by atoms with Crippen LogP contribution in [0.1, 0.15) is 36.5 Å². The third-order valence-electron chi connectivity index (χ3n) is 4.52. The first kappa shape index (κ1) is 20.9. The molecule has 1 saturated heterocycles. The summed E-state index contributed by atoms with van der Waals surface area (Å²) in [5.74, 6) is -0.267. The second-order valence-corrected chi connectivity index (χ2v) is 11.1. The van der Waals surface area contributed by atoms with Crippen molar-refractivity contribution >= 4 is 25.8 Å². The van der Waals surface area contributed by atoms with Gasteiger partial charge < -0.3 is 4.90 Å². The van der Waals surface area contributed by atoms with Crippen LogP contribution in [-0.4, -0.2) is 70.1 Å². The molecule has 1 aliphatic heterocycles. The Balaban J connectivity index is 2.34. The van der Waals surface area contributed by atoms with Crippen LogP contribution in [0.25, 0.3) is 0 Å². The second-order valence-electron chi connectivity index (χ2n) is 6.72. The third-order valence-corrected chi connectivity index (χ3v) is 8.08. The fraction of sp³-hybridized carbons (Fsp3) is 0.588. The number of benzene rings is 1. The van der Waals surface area contributed by atoms with Crippen molar-refractivity contribution in [1.82, 2.24) is 9.21 Å². The number of unbranched alkanes of at least 4 members (excludes halogenated alkanes) is 1. The van der Waals surface area contributed by atoms with Crippen molar-refractivity contribution in [1.29, 1.82) is 0 Å². The summed E-state index contributed by atoms with van der Waals surface area (Å²) in [5.41, 5.74) is 0.258. The van der Waals surface area contributed by atoms with E-state index < -0.39 is 19.9 Å². The maximum absolute atomic E-state index is 13.0. The molecule has 1 aromatic rings. The number of amides is 1. The van der Waals surface area contributed by atoms with Crippen LogP contribution in [-0.2, 0) is 19.9 Å². The Morgan fingerprint density at radius 2 is 1.96 bits per heavy atom. The van der Waals surface area contributed by atoms with E-state index in [4.69, 9.17) is 0 Å². The summed E-state index contributed by atoms with van der Waals surface area (Å²) in [4.78, 5) is 14.7. The lowest BCUT2D eigenvalue weighted by molar-refractivity contribution is 0.0694. The summed E-state index contributed by atoms with van der Waals surface area (Å²) in [7, 11) is -3.90. The summed E-state index contributed by atoms with van der Waals surface area (Å²) in [5, 5.41) is 0. The number of nitrogens with zero attached hydrogens (tertiary/aromatic N) is 2. The number of hydrogen-bond donors (Lipinski definition) is 0. The van der Waals surface area contributed by atoms with Gasteiger partial charge in [0.05, 0.1) is 16.4 Å². The standard InChI is InChI=1S/C17H26N2O5S2/c1-4-5-10-19(15-9-11-25(21,22)13-15)17(20)14-7-6-8-16(12-14)26(23,24)18(2)3/h6-8,12,15H,4-5,9-11,13H2,1-3H3/t15-/m1/s1. The highest BCUT2D eigenvalue weighted by Gasteiger charge is 2.35. The lowest BCUT2D eigenvalue weighted by atomic mass is 10.1. The Bertz CT molecular complexity index is 863. The van der Waals surface area contributed by atoms with Crippen molar-refractivity contribution in [2.24, 2.45) is 0 Å². The molecule has 0 saturated carbocycles. The predicted molar refractivity (Wildman–Crippen MR) is 100 cm³/mol. The molecule has 1 atom stereocenters. The van der Waals surface area contributed by atoms with Gasteiger partial charge in [-0.15, -0.1) is 0 Å². The molecule has 0 aromatic heterocycles. The first-order valence-electron chi connectivity index (χ1n) is 8.62. The topological polar surface area (TPSA) is 91.8 Å². The molecule has 1 aliphatic rings. The van der Waals surface area contributed by atoms with E-state index in [9.17, 15) is 21.6 Å². The Hall–Kier alpha value is -1.45. The summed E-state index contributed by atoms with van der Waals surface area (Å²) in [6.07, 6.45) is 2.06. The fourth-order valence-electron chi connectivity index (χ4n) is 2.97. The van der Waals surface area contributed by atoms with Crippen molar-refractivity contribution in [3.8, 4) is 0 Å². The van der Waals surface area contributed by atoms with Gasteiger partial charge in [-0.2, -0.15) is 0 Å². The van der Waals surface area contributed by atoms with Crippen LogP contribution in [0.5, 0.6) is 0 Å². The van der Waals surface area contributed by atoms with Gasteiger partial charge in [0.2, 0.25) is 10.0 Å². The van der Waals surface area contributed by atoms with Gasteiger partial charge in [-0.05, 0) is 31.0 Å². The molecule has 1 heterocycles. The van der Waals surface area contributed by atoms with Crippen LogP contribution >= 0.6 is 0 Å². The van der Waals surface area contributed by atoms with E-state index >= 15 is 0 Å².